The first-order valence-corrected chi connectivity index (χ1v) is 7.12. The minimum atomic E-state index is 0.765. The number of aryl methyl sites for hydroxylation is 2. The van der Waals surface area contributed by atoms with Gasteiger partial charge in [-0.3, -0.25) is 0 Å². The summed E-state index contributed by atoms with van der Waals surface area (Å²) in [5.74, 6) is 2.30. The van der Waals surface area contributed by atoms with Crippen LogP contribution in [0.5, 0.6) is 0 Å². The first kappa shape index (κ1) is 12.2. The normalized spacial score (nSPS) is 12.1. The fourth-order valence-corrected chi connectivity index (χ4v) is 3.11. The molecule has 0 spiro atoms. The highest BCUT2D eigenvalue weighted by molar-refractivity contribution is 5.88. The Morgan fingerprint density at radius 1 is 0.714 bits per heavy atom. The van der Waals surface area contributed by atoms with Gasteiger partial charge in [-0.2, -0.15) is 0 Å². The van der Waals surface area contributed by atoms with Crippen molar-refractivity contribution in [2.75, 3.05) is 0 Å². The summed E-state index contributed by atoms with van der Waals surface area (Å²) in [6.07, 6.45) is 0.988. The molecule has 3 aromatic rings. The van der Waals surface area contributed by atoms with Gasteiger partial charge >= 0.3 is 0 Å². The molecular formula is C18H15N3. The molecule has 3 nitrogen and oxygen atoms in total. The van der Waals surface area contributed by atoms with Crippen LogP contribution in [0.2, 0.25) is 0 Å². The van der Waals surface area contributed by atoms with Crippen LogP contribution >= 0.6 is 0 Å². The second-order valence-electron chi connectivity index (χ2n) is 5.43. The van der Waals surface area contributed by atoms with Gasteiger partial charge in [0, 0.05) is 5.56 Å². The lowest BCUT2D eigenvalue weighted by Crippen LogP contribution is -2.00. The fourth-order valence-electron chi connectivity index (χ4n) is 3.11. The largest absolute Gasteiger partial charge is 0.219 e. The Kier molecular flexibility index (Phi) is 2.61. The Hall–Kier alpha value is -2.55. The lowest BCUT2D eigenvalue weighted by Gasteiger charge is -2.09. The summed E-state index contributed by atoms with van der Waals surface area (Å²) in [5.41, 5.74) is 6.41. The monoisotopic (exact) mass is 273 g/mol. The number of nitrogens with zero attached hydrogens (tertiary/aromatic N) is 3. The minimum Gasteiger partial charge on any atom is -0.219 e. The number of hydrogen-bond acceptors (Lipinski definition) is 3. The molecule has 1 aromatic heterocycles. The van der Waals surface area contributed by atoms with Crippen LogP contribution in [0.15, 0.2) is 42.5 Å². The van der Waals surface area contributed by atoms with Crippen LogP contribution in [0.3, 0.4) is 0 Å². The number of fused-ring (bicyclic) bond motifs is 3. The van der Waals surface area contributed by atoms with Crippen LogP contribution in [0, 0.1) is 13.8 Å². The van der Waals surface area contributed by atoms with Crippen molar-refractivity contribution < 1.29 is 0 Å². The highest BCUT2D eigenvalue weighted by atomic mass is 15.0. The van der Waals surface area contributed by atoms with E-state index in [0.717, 1.165) is 29.5 Å². The maximum absolute atomic E-state index is 4.53. The van der Waals surface area contributed by atoms with E-state index in [1.807, 2.05) is 13.8 Å². The Morgan fingerprint density at radius 2 is 1.38 bits per heavy atom. The van der Waals surface area contributed by atoms with E-state index in [0.29, 0.717) is 0 Å². The van der Waals surface area contributed by atoms with Crippen molar-refractivity contribution >= 4 is 0 Å². The van der Waals surface area contributed by atoms with Gasteiger partial charge in [0.15, 0.2) is 5.82 Å². The lowest BCUT2D eigenvalue weighted by molar-refractivity contribution is 0.929. The molecule has 0 N–H and O–H groups in total. The lowest BCUT2D eigenvalue weighted by atomic mass is 9.99. The molecule has 0 amide bonds. The third-order valence-electron chi connectivity index (χ3n) is 3.92. The van der Waals surface area contributed by atoms with Crippen molar-refractivity contribution in [2.24, 2.45) is 0 Å². The van der Waals surface area contributed by atoms with Crippen LogP contribution in [0.4, 0.5) is 0 Å². The zero-order valence-corrected chi connectivity index (χ0v) is 12.1. The van der Waals surface area contributed by atoms with Crippen molar-refractivity contribution in [1.29, 1.82) is 0 Å². The topological polar surface area (TPSA) is 38.7 Å². The first-order chi connectivity index (χ1) is 10.2. The van der Waals surface area contributed by atoms with Gasteiger partial charge in [0.1, 0.15) is 11.6 Å². The summed E-state index contributed by atoms with van der Waals surface area (Å²) in [7, 11) is 0. The molecule has 102 valence electrons. The van der Waals surface area contributed by atoms with Crippen molar-refractivity contribution in [2.45, 2.75) is 20.3 Å². The molecule has 0 radical (unpaired) electrons. The number of benzene rings is 2. The van der Waals surface area contributed by atoms with Gasteiger partial charge in [-0.1, -0.05) is 42.5 Å². The third-order valence-corrected chi connectivity index (χ3v) is 3.92. The van der Waals surface area contributed by atoms with E-state index in [2.05, 4.69) is 57.4 Å². The predicted octanol–water partition coefficient (Wildman–Crippen LogP) is 3.73. The maximum Gasteiger partial charge on any atom is 0.163 e. The highest BCUT2D eigenvalue weighted by Gasteiger charge is 2.22. The van der Waals surface area contributed by atoms with Crippen LogP contribution < -0.4 is 0 Å². The quantitative estimate of drug-likeness (QED) is 0.530. The average Bonchev–Trinajstić information content (AvgIpc) is 2.84. The van der Waals surface area contributed by atoms with Gasteiger partial charge in [0.05, 0.1) is 0 Å². The molecule has 0 unspecified atom stereocenters. The molecule has 0 fully saturated rings. The minimum absolute atomic E-state index is 0.765. The molecule has 1 aliphatic rings. The first-order valence-electron chi connectivity index (χ1n) is 7.12. The molecule has 0 saturated heterocycles. The standard InChI is InChI=1S/C18H15N3/c1-11-19-12(2)21-18(20-11)16-9-5-7-14-10-13-6-3-4-8-15(13)17(14)16/h3-9H,10H2,1-2H3. The molecule has 0 saturated carbocycles. The summed E-state index contributed by atoms with van der Waals surface area (Å²) < 4.78 is 0. The zero-order valence-electron chi connectivity index (χ0n) is 12.1. The van der Waals surface area contributed by atoms with Crippen molar-refractivity contribution in [3.8, 4) is 22.5 Å². The van der Waals surface area contributed by atoms with Gasteiger partial charge in [0.25, 0.3) is 0 Å². The maximum atomic E-state index is 4.53. The van der Waals surface area contributed by atoms with Gasteiger partial charge in [-0.25, -0.2) is 15.0 Å². The second-order valence-corrected chi connectivity index (χ2v) is 5.43. The van der Waals surface area contributed by atoms with E-state index in [9.17, 15) is 0 Å². The molecule has 2 aromatic carbocycles. The molecule has 1 aliphatic carbocycles. The van der Waals surface area contributed by atoms with Crippen LogP contribution in [0.25, 0.3) is 22.5 Å². The third kappa shape index (κ3) is 1.93. The van der Waals surface area contributed by atoms with Gasteiger partial charge < -0.3 is 0 Å². The Morgan fingerprint density at radius 3 is 2.19 bits per heavy atom. The van der Waals surface area contributed by atoms with Crippen LogP contribution in [-0.2, 0) is 6.42 Å². The number of hydrogen-bond donors (Lipinski definition) is 0. The van der Waals surface area contributed by atoms with E-state index in [4.69, 9.17) is 0 Å². The molecular weight excluding hydrogens is 258 g/mol. The summed E-state index contributed by atoms with van der Waals surface area (Å²) in [6, 6.07) is 15.0. The molecule has 21 heavy (non-hydrogen) atoms. The van der Waals surface area contributed by atoms with Crippen molar-refractivity contribution in [3.63, 3.8) is 0 Å². The van der Waals surface area contributed by atoms with Crippen molar-refractivity contribution in [3.05, 3.63) is 65.2 Å². The molecule has 0 aliphatic heterocycles. The van der Waals surface area contributed by atoms with Gasteiger partial charge in [-0.15, -0.1) is 0 Å². The van der Waals surface area contributed by atoms with E-state index in [1.165, 1.54) is 22.3 Å². The molecule has 0 atom stereocenters. The molecule has 1 heterocycles. The Bertz CT molecular complexity index is 833. The van der Waals surface area contributed by atoms with Crippen LogP contribution in [0.1, 0.15) is 22.8 Å². The number of rotatable bonds is 1. The summed E-state index contributed by atoms with van der Waals surface area (Å²) in [5, 5.41) is 0. The van der Waals surface area contributed by atoms with Crippen LogP contribution in [-0.4, -0.2) is 15.0 Å². The highest BCUT2D eigenvalue weighted by Crippen LogP contribution is 2.41. The van der Waals surface area contributed by atoms with E-state index in [1.54, 1.807) is 0 Å². The SMILES string of the molecule is Cc1nc(C)nc(-c2cccc3c2-c2ccccc2C3)n1. The summed E-state index contributed by atoms with van der Waals surface area (Å²) in [4.78, 5) is 13.3. The smallest absolute Gasteiger partial charge is 0.163 e. The van der Waals surface area contributed by atoms with Gasteiger partial charge in [0.2, 0.25) is 0 Å². The fraction of sp³-hybridized carbons (Fsp3) is 0.167. The Balaban J connectivity index is 2.00. The average molecular weight is 273 g/mol. The summed E-state index contributed by atoms with van der Waals surface area (Å²) >= 11 is 0. The zero-order chi connectivity index (χ0) is 14.4. The molecule has 3 heteroatoms. The van der Waals surface area contributed by atoms with Gasteiger partial charge in [-0.05, 0) is 42.5 Å². The summed E-state index contributed by atoms with van der Waals surface area (Å²) in [6.45, 7) is 3.82. The molecule has 0 bridgehead atoms. The Labute approximate surface area is 123 Å². The second kappa shape index (κ2) is 4.48. The van der Waals surface area contributed by atoms with Crippen molar-refractivity contribution in [1.82, 2.24) is 15.0 Å². The van der Waals surface area contributed by atoms with E-state index >= 15 is 0 Å². The van der Waals surface area contributed by atoms with E-state index in [-0.39, 0.29) is 0 Å². The predicted molar refractivity (Wildman–Crippen MR) is 83.0 cm³/mol. The van der Waals surface area contributed by atoms with E-state index < -0.39 is 0 Å². The number of aromatic nitrogens is 3. The molecule has 4 rings (SSSR count).